The van der Waals surface area contributed by atoms with Crippen LogP contribution in [0.1, 0.15) is 23.1 Å². The van der Waals surface area contributed by atoms with E-state index in [1.54, 1.807) is 26.0 Å². The maximum absolute atomic E-state index is 13.2. The van der Waals surface area contributed by atoms with Gasteiger partial charge < -0.3 is 4.74 Å². The summed E-state index contributed by atoms with van der Waals surface area (Å²) in [4.78, 5) is 19.6. The lowest BCUT2D eigenvalue weighted by Gasteiger charge is -2.06. The predicted molar refractivity (Wildman–Crippen MR) is 68.1 cm³/mol. The highest BCUT2D eigenvalue weighted by Gasteiger charge is 2.11. The van der Waals surface area contributed by atoms with Gasteiger partial charge in [0.1, 0.15) is 11.5 Å². The van der Waals surface area contributed by atoms with Crippen molar-refractivity contribution in [1.29, 1.82) is 0 Å². The van der Waals surface area contributed by atoms with Crippen molar-refractivity contribution in [2.75, 3.05) is 6.61 Å². The van der Waals surface area contributed by atoms with Crippen LogP contribution < -0.4 is 0 Å². The summed E-state index contributed by atoms with van der Waals surface area (Å²) in [7, 11) is 0. The standard InChI is InChI=1S/C14H13FN2O2/c1-3-19-14(18)13-6-10(4-9(2)17-13)11-5-12(15)8-16-7-11/h4-8H,3H2,1-2H3. The van der Waals surface area contributed by atoms with E-state index >= 15 is 0 Å². The highest BCUT2D eigenvalue weighted by atomic mass is 19.1. The maximum atomic E-state index is 13.2. The number of halogens is 1. The first-order valence-electron chi connectivity index (χ1n) is 5.87. The van der Waals surface area contributed by atoms with Gasteiger partial charge in [-0.2, -0.15) is 0 Å². The van der Waals surface area contributed by atoms with Crippen LogP contribution in [0.15, 0.2) is 30.6 Å². The average molecular weight is 260 g/mol. The van der Waals surface area contributed by atoms with Crippen LogP contribution in [0.4, 0.5) is 4.39 Å². The van der Waals surface area contributed by atoms with Gasteiger partial charge in [-0.1, -0.05) is 0 Å². The molecule has 0 N–H and O–H groups in total. The van der Waals surface area contributed by atoms with Gasteiger partial charge in [0, 0.05) is 17.5 Å². The second-order valence-electron chi connectivity index (χ2n) is 3.99. The molecule has 2 rings (SSSR count). The van der Waals surface area contributed by atoms with Crippen LogP contribution in [-0.4, -0.2) is 22.5 Å². The monoisotopic (exact) mass is 260 g/mol. The molecule has 0 aliphatic rings. The minimum Gasteiger partial charge on any atom is -0.461 e. The van der Waals surface area contributed by atoms with Gasteiger partial charge in [0.2, 0.25) is 0 Å². The first-order valence-corrected chi connectivity index (χ1v) is 5.87. The highest BCUT2D eigenvalue weighted by molar-refractivity contribution is 5.89. The lowest BCUT2D eigenvalue weighted by molar-refractivity contribution is 0.0519. The Morgan fingerprint density at radius 3 is 2.74 bits per heavy atom. The van der Waals surface area contributed by atoms with E-state index in [1.165, 1.54) is 12.3 Å². The van der Waals surface area contributed by atoms with Crippen molar-refractivity contribution in [2.45, 2.75) is 13.8 Å². The Balaban J connectivity index is 2.44. The summed E-state index contributed by atoms with van der Waals surface area (Å²) >= 11 is 0. The summed E-state index contributed by atoms with van der Waals surface area (Å²) in [5, 5.41) is 0. The Labute approximate surface area is 110 Å². The van der Waals surface area contributed by atoms with E-state index in [1.807, 2.05) is 0 Å². The van der Waals surface area contributed by atoms with Gasteiger partial charge in [0.15, 0.2) is 0 Å². The number of carbonyl (C=O) groups is 1. The molecule has 0 unspecified atom stereocenters. The van der Waals surface area contributed by atoms with E-state index in [0.717, 1.165) is 6.20 Å². The molecule has 0 fully saturated rings. The van der Waals surface area contributed by atoms with Crippen LogP contribution in [0.25, 0.3) is 11.1 Å². The summed E-state index contributed by atoms with van der Waals surface area (Å²) in [5.41, 5.74) is 2.14. The van der Waals surface area contributed by atoms with Crippen LogP contribution in [-0.2, 0) is 4.74 Å². The van der Waals surface area contributed by atoms with Gasteiger partial charge >= 0.3 is 5.97 Å². The van der Waals surface area contributed by atoms with Gasteiger partial charge in [-0.15, -0.1) is 0 Å². The lowest BCUT2D eigenvalue weighted by atomic mass is 10.1. The molecule has 0 amide bonds. The lowest BCUT2D eigenvalue weighted by Crippen LogP contribution is -2.08. The molecule has 2 aromatic heterocycles. The zero-order valence-electron chi connectivity index (χ0n) is 10.7. The average Bonchev–Trinajstić information content (AvgIpc) is 2.38. The third-order valence-corrected chi connectivity index (χ3v) is 2.48. The van der Waals surface area contributed by atoms with Gasteiger partial charge in [0.25, 0.3) is 0 Å². The number of hydrogen-bond acceptors (Lipinski definition) is 4. The third-order valence-electron chi connectivity index (χ3n) is 2.48. The van der Waals surface area contributed by atoms with E-state index in [2.05, 4.69) is 9.97 Å². The number of carbonyl (C=O) groups excluding carboxylic acids is 1. The summed E-state index contributed by atoms with van der Waals surface area (Å²) in [6.45, 7) is 3.77. The Morgan fingerprint density at radius 2 is 2.05 bits per heavy atom. The van der Waals surface area contributed by atoms with Crippen molar-refractivity contribution in [3.8, 4) is 11.1 Å². The molecule has 98 valence electrons. The van der Waals surface area contributed by atoms with Crippen molar-refractivity contribution < 1.29 is 13.9 Å². The van der Waals surface area contributed by atoms with E-state index in [0.29, 0.717) is 16.8 Å². The smallest absolute Gasteiger partial charge is 0.356 e. The summed E-state index contributed by atoms with van der Waals surface area (Å²) in [6.07, 6.45) is 2.66. The third kappa shape index (κ3) is 3.13. The van der Waals surface area contributed by atoms with Gasteiger partial charge in [-0.25, -0.2) is 14.2 Å². The normalized spacial score (nSPS) is 10.3. The van der Waals surface area contributed by atoms with Crippen molar-refractivity contribution in [3.63, 3.8) is 0 Å². The Bertz CT molecular complexity index is 614. The molecule has 0 saturated carbocycles. The molecule has 2 aromatic rings. The molecule has 0 aromatic carbocycles. The molecule has 4 nitrogen and oxygen atoms in total. The van der Waals surface area contributed by atoms with Gasteiger partial charge in [0.05, 0.1) is 12.8 Å². The zero-order chi connectivity index (χ0) is 13.8. The van der Waals surface area contributed by atoms with Gasteiger partial charge in [-0.05, 0) is 37.6 Å². The molecule has 19 heavy (non-hydrogen) atoms. The van der Waals surface area contributed by atoms with Crippen molar-refractivity contribution in [3.05, 3.63) is 47.8 Å². The number of hydrogen-bond donors (Lipinski definition) is 0. The predicted octanol–water partition coefficient (Wildman–Crippen LogP) is 2.77. The number of rotatable bonds is 3. The van der Waals surface area contributed by atoms with Crippen LogP contribution in [0.5, 0.6) is 0 Å². The molecular formula is C14H13FN2O2. The molecule has 0 spiro atoms. The molecule has 0 radical (unpaired) electrons. The first-order chi connectivity index (χ1) is 9.10. The molecule has 5 heteroatoms. The topological polar surface area (TPSA) is 52.1 Å². The van der Waals surface area contributed by atoms with E-state index < -0.39 is 11.8 Å². The molecule has 0 saturated heterocycles. The van der Waals surface area contributed by atoms with Crippen molar-refractivity contribution in [1.82, 2.24) is 9.97 Å². The zero-order valence-corrected chi connectivity index (χ0v) is 10.7. The summed E-state index contributed by atoms with van der Waals surface area (Å²) in [5.74, 6) is -0.915. The maximum Gasteiger partial charge on any atom is 0.356 e. The van der Waals surface area contributed by atoms with E-state index in [-0.39, 0.29) is 12.3 Å². The summed E-state index contributed by atoms with van der Waals surface area (Å²) < 4.78 is 18.1. The van der Waals surface area contributed by atoms with Crippen LogP contribution in [0.3, 0.4) is 0 Å². The number of aryl methyl sites for hydroxylation is 1. The minimum absolute atomic E-state index is 0.209. The Kier molecular flexibility index (Phi) is 3.85. The fourth-order valence-corrected chi connectivity index (χ4v) is 1.71. The molecular weight excluding hydrogens is 247 g/mol. The molecule has 0 aliphatic heterocycles. The Morgan fingerprint density at radius 1 is 1.26 bits per heavy atom. The van der Waals surface area contributed by atoms with Crippen LogP contribution in [0.2, 0.25) is 0 Å². The molecule has 0 bridgehead atoms. The SMILES string of the molecule is CCOC(=O)c1cc(-c2cncc(F)c2)cc(C)n1. The minimum atomic E-state index is -0.489. The number of ether oxygens (including phenoxy) is 1. The van der Waals surface area contributed by atoms with Gasteiger partial charge in [-0.3, -0.25) is 4.98 Å². The largest absolute Gasteiger partial charge is 0.461 e. The number of aromatic nitrogens is 2. The van der Waals surface area contributed by atoms with E-state index in [4.69, 9.17) is 4.74 Å². The highest BCUT2D eigenvalue weighted by Crippen LogP contribution is 2.21. The van der Waals surface area contributed by atoms with Crippen molar-refractivity contribution >= 4 is 5.97 Å². The summed E-state index contributed by atoms with van der Waals surface area (Å²) in [6, 6.07) is 4.69. The molecule has 2 heterocycles. The molecule has 0 atom stereocenters. The second kappa shape index (κ2) is 5.56. The van der Waals surface area contributed by atoms with Crippen LogP contribution >= 0.6 is 0 Å². The number of esters is 1. The fraction of sp³-hybridized carbons (Fsp3) is 0.214. The quantitative estimate of drug-likeness (QED) is 0.796. The fourth-order valence-electron chi connectivity index (χ4n) is 1.71. The Hall–Kier alpha value is -2.30. The number of nitrogens with zero attached hydrogens (tertiary/aromatic N) is 2. The molecule has 0 aliphatic carbocycles. The first kappa shape index (κ1) is 13.1. The van der Waals surface area contributed by atoms with Crippen LogP contribution in [0, 0.1) is 12.7 Å². The second-order valence-corrected chi connectivity index (χ2v) is 3.99. The van der Waals surface area contributed by atoms with E-state index in [9.17, 15) is 9.18 Å². The van der Waals surface area contributed by atoms with Crippen molar-refractivity contribution in [2.24, 2.45) is 0 Å². The number of pyridine rings is 2.